The van der Waals surface area contributed by atoms with Crippen LogP contribution in [0.3, 0.4) is 0 Å². The van der Waals surface area contributed by atoms with Crippen molar-refractivity contribution in [1.29, 1.82) is 0 Å². The van der Waals surface area contributed by atoms with E-state index in [9.17, 15) is 13.6 Å². The van der Waals surface area contributed by atoms with Gasteiger partial charge < -0.3 is 20.3 Å². The van der Waals surface area contributed by atoms with Crippen molar-refractivity contribution in [3.63, 3.8) is 0 Å². The summed E-state index contributed by atoms with van der Waals surface area (Å²) in [7, 11) is 1.69. The number of halogens is 2. The molecule has 6 nitrogen and oxygen atoms in total. The number of ether oxygens (including phenoxy) is 1. The highest BCUT2D eigenvalue weighted by Gasteiger charge is 2.27. The number of anilines is 3. The molecule has 0 unspecified atom stereocenters. The van der Waals surface area contributed by atoms with Crippen LogP contribution in [0.4, 0.5) is 25.8 Å². The Balaban J connectivity index is 1.44. The molecule has 0 spiro atoms. The van der Waals surface area contributed by atoms with Crippen molar-refractivity contribution in [2.45, 2.75) is 0 Å². The first kappa shape index (κ1) is 20.3. The number of nitrogens with one attached hydrogen (secondary N) is 2. The van der Waals surface area contributed by atoms with Crippen LogP contribution in [0.15, 0.2) is 42.6 Å². The minimum absolute atomic E-state index is 0.180. The molecule has 8 heteroatoms. The summed E-state index contributed by atoms with van der Waals surface area (Å²) in [5, 5.41) is 5.54. The van der Waals surface area contributed by atoms with Crippen LogP contribution in [0, 0.1) is 11.6 Å². The maximum atomic E-state index is 14.7. The second-order valence-electron chi connectivity index (χ2n) is 7.31. The number of hydrogen-bond acceptors (Lipinski definition) is 5. The molecule has 158 valence electrons. The minimum Gasteiger partial charge on any atom is -0.383 e. The number of benzene rings is 2. The Bertz CT molecular complexity index is 972. The van der Waals surface area contributed by atoms with Crippen LogP contribution in [0.2, 0.25) is 0 Å². The lowest BCUT2D eigenvalue weighted by Gasteiger charge is -2.36. The fourth-order valence-corrected chi connectivity index (χ4v) is 3.78. The molecule has 1 amide bonds. The van der Waals surface area contributed by atoms with E-state index in [0.29, 0.717) is 23.7 Å². The standard InChI is InChI=1S/C22H24F2N4O2/c1-30-12-11-27-7-9-28(10-8-27)20-6-5-15(13-18(20)24)25-14-16-21-17(23)3-2-4-19(21)26-22(16)29/h2-6,13-14,25H,7-12H2,1H3,(H,26,29). The van der Waals surface area contributed by atoms with Gasteiger partial charge in [-0.2, -0.15) is 0 Å². The van der Waals surface area contributed by atoms with E-state index in [1.807, 2.05) is 4.90 Å². The van der Waals surface area contributed by atoms with Gasteiger partial charge in [0.2, 0.25) is 0 Å². The lowest BCUT2D eigenvalue weighted by molar-refractivity contribution is -0.110. The van der Waals surface area contributed by atoms with Gasteiger partial charge in [0.05, 0.1) is 23.6 Å². The molecule has 1 saturated heterocycles. The highest BCUT2D eigenvalue weighted by Crippen LogP contribution is 2.34. The number of rotatable bonds is 6. The van der Waals surface area contributed by atoms with Crippen molar-refractivity contribution in [2.75, 3.05) is 62.0 Å². The molecule has 0 radical (unpaired) electrons. The first-order valence-corrected chi connectivity index (χ1v) is 9.89. The zero-order valence-corrected chi connectivity index (χ0v) is 16.8. The number of carbonyl (C=O) groups is 1. The average Bonchev–Trinajstić information content (AvgIpc) is 3.07. The monoisotopic (exact) mass is 414 g/mol. The van der Waals surface area contributed by atoms with Crippen LogP contribution in [0.25, 0.3) is 5.57 Å². The Morgan fingerprint density at radius 3 is 2.67 bits per heavy atom. The van der Waals surface area contributed by atoms with Gasteiger partial charge in [0.25, 0.3) is 5.91 Å². The molecule has 4 rings (SSSR count). The van der Waals surface area contributed by atoms with Crippen LogP contribution in [0.1, 0.15) is 5.56 Å². The summed E-state index contributed by atoms with van der Waals surface area (Å²) in [4.78, 5) is 16.5. The van der Waals surface area contributed by atoms with Crippen LogP contribution in [0.5, 0.6) is 0 Å². The smallest absolute Gasteiger partial charge is 0.257 e. The van der Waals surface area contributed by atoms with Gasteiger partial charge in [-0.15, -0.1) is 0 Å². The summed E-state index contributed by atoms with van der Waals surface area (Å²) < 4.78 is 34.0. The number of hydrogen-bond donors (Lipinski definition) is 2. The van der Waals surface area contributed by atoms with E-state index < -0.39 is 11.7 Å². The van der Waals surface area contributed by atoms with Crippen molar-refractivity contribution in [3.8, 4) is 0 Å². The van der Waals surface area contributed by atoms with Gasteiger partial charge in [-0.05, 0) is 30.3 Å². The SMILES string of the molecule is COCCN1CCN(c2ccc(NC=C3C(=O)Nc4cccc(F)c43)cc2F)CC1. The molecule has 2 aromatic carbocycles. The minimum atomic E-state index is -0.481. The van der Waals surface area contributed by atoms with Gasteiger partial charge in [0.1, 0.15) is 11.6 Å². The zero-order chi connectivity index (χ0) is 21.1. The first-order chi connectivity index (χ1) is 14.6. The number of methoxy groups -OCH3 is 1. The Kier molecular flexibility index (Phi) is 5.96. The van der Waals surface area contributed by atoms with Crippen LogP contribution < -0.4 is 15.5 Å². The summed E-state index contributed by atoms with van der Waals surface area (Å²) in [6.45, 7) is 4.77. The quantitative estimate of drug-likeness (QED) is 0.712. The van der Waals surface area contributed by atoms with E-state index in [1.54, 1.807) is 25.3 Å². The van der Waals surface area contributed by atoms with Gasteiger partial charge in [-0.25, -0.2) is 8.78 Å². The van der Waals surface area contributed by atoms with Crippen molar-refractivity contribution >= 4 is 28.5 Å². The summed E-state index contributed by atoms with van der Waals surface area (Å²) in [6.07, 6.45) is 1.41. The molecular formula is C22H24F2N4O2. The summed E-state index contributed by atoms with van der Waals surface area (Å²) >= 11 is 0. The molecule has 1 fully saturated rings. The summed E-state index contributed by atoms with van der Waals surface area (Å²) in [6, 6.07) is 9.35. The molecule has 2 aliphatic rings. The molecule has 30 heavy (non-hydrogen) atoms. The lowest BCUT2D eigenvalue weighted by Crippen LogP contribution is -2.47. The second kappa shape index (κ2) is 8.81. The maximum absolute atomic E-state index is 14.7. The normalized spacial score (nSPS) is 17.9. The molecule has 2 aromatic rings. The number of carbonyl (C=O) groups excluding carboxylic acids is 1. The van der Waals surface area contributed by atoms with Crippen LogP contribution >= 0.6 is 0 Å². The number of amides is 1. The Morgan fingerprint density at radius 2 is 1.93 bits per heavy atom. The van der Waals surface area contributed by atoms with E-state index in [2.05, 4.69) is 15.5 Å². The second-order valence-corrected chi connectivity index (χ2v) is 7.31. The molecule has 0 bridgehead atoms. The third kappa shape index (κ3) is 4.15. The highest BCUT2D eigenvalue weighted by atomic mass is 19.1. The third-order valence-electron chi connectivity index (χ3n) is 5.43. The Morgan fingerprint density at radius 1 is 1.13 bits per heavy atom. The fourth-order valence-electron chi connectivity index (χ4n) is 3.78. The Labute approximate surface area is 174 Å². The van der Waals surface area contributed by atoms with E-state index in [1.165, 1.54) is 24.4 Å². The van der Waals surface area contributed by atoms with Crippen LogP contribution in [-0.4, -0.2) is 57.2 Å². The third-order valence-corrected chi connectivity index (χ3v) is 5.43. The molecular weight excluding hydrogens is 390 g/mol. The van der Waals surface area contributed by atoms with E-state index in [4.69, 9.17) is 4.74 Å². The Hall–Kier alpha value is -2.97. The predicted molar refractivity (Wildman–Crippen MR) is 114 cm³/mol. The number of fused-ring (bicyclic) bond motifs is 1. The topological polar surface area (TPSA) is 56.8 Å². The summed E-state index contributed by atoms with van der Waals surface area (Å²) in [5.41, 5.74) is 1.87. The molecule has 2 heterocycles. The maximum Gasteiger partial charge on any atom is 0.257 e. The molecule has 0 atom stereocenters. The van der Waals surface area contributed by atoms with E-state index in [0.717, 1.165) is 32.7 Å². The van der Waals surface area contributed by atoms with E-state index >= 15 is 0 Å². The molecule has 2 N–H and O–H groups in total. The van der Waals surface area contributed by atoms with Crippen molar-refractivity contribution in [3.05, 3.63) is 59.8 Å². The van der Waals surface area contributed by atoms with Crippen molar-refractivity contribution in [1.82, 2.24) is 4.90 Å². The van der Waals surface area contributed by atoms with Gasteiger partial charge in [-0.1, -0.05) is 6.07 Å². The van der Waals surface area contributed by atoms with Crippen LogP contribution in [-0.2, 0) is 9.53 Å². The largest absolute Gasteiger partial charge is 0.383 e. The highest BCUT2D eigenvalue weighted by molar-refractivity contribution is 6.31. The van der Waals surface area contributed by atoms with E-state index in [-0.39, 0.29) is 17.0 Å². The van der Waals surface area contributed by atoms with Gasteiger partial charge in [0, 0.05) is 57.3 Å². The molecule has 2 aliphatic heterocycles. The molecule has 0 saturated carbocycles. The predicted octanol–water partition coefficient (Wildman–Crippen LogP) is 3.14. The van der Waals surface area contributed by atoms with Crippen molar-refractivity contribution < 1.29 is 18.3 Å². The fraction of sp³-hybridized carbons (Fsp3) is 0.318. The van der Waals surface area contributed by atoms with Gasteiger partial charge in [-0.3, -0.25) is 9.69 Å². The van der Waals surface area contributed by atoms with Gasteiger partial charge >= 0.3 is 0 Å². The molecule has 0 aliphatic carbocycles. The summed E-state index contributed by atoms with van der Waals surface area (Å²) in [5.74, 6) is -1.22. The number of nitrogens with zero attached hydrogens (tertiary/aromatic N) is 2. The lowest BCUT2D eigenvalue weighted by atomic mass is 10.1. The molecule has 0 aromatic heterocycles. The van der Waals surface area contributed by atoms with Gasteiger partial charge in [0.15, 0.2) is 0 Å². The average molecular weight is 414 g/mol. The van der Waals surface area contributed by atoms with Crippen molar-refractivity contribution in [2.24, 2.45) is 0 Å². The number of piperazine rings is 1. The zero-order valence-electron chi connectivity index (χ0n) is 16.8. The first-order valence-electron chi connectivity index (χ1n) is 9.89.